The summed E-state index contributed by atoms with van der Waals surface area (Å²) in [4.78, 5) is 98.1. The van der Waals surface area contributed by atoms with Gasteiger partial charge in [0.2, 0.25) is 0 Å². The first-order valence-corrected chi connectivity index (χ1v) is 30.8. The van der Waals surface area contributed by atoms with Crippen molar-refractivity contribution in [3.8, 4) is 0 Å². The lowest BCUT2D eigenvalue weighted by Crippen LogP contribution is -2.21. The summed E-state index contributed by atoms with van der Waals surface area (Å²) in [6.07, 6.45) is 24.5. The second-order valence-corrected chi connectivity index (χ2v) is 21.2. The third-order valence-electron chi connectivity index (χ3n) is 13.5. The molecule has 0 unspecified atom stereocenters. The van der Waals surface area contributed by atoms with Crippen molar-refractivity contribution in [2.24, 2.45) is 5.73 Å². The van der Waals surface area contributed by atoms with Crippen LogP contribution in [0.25, 0.3) is 0 Å². The molecule has 0 atom stereocenters. The van der Waals surface area contributed by atoms with Gasteiger partial charge in [0.25, 0.3) is 0 Å². The Hall–Kier alpha value is -6.49. The quantitative estimate of drug-likeness (QED) is 0.0250. The highest BCUT2D eigenvalue weighted by Gasteiger charge is 2.21. The highest BCUT2D eigenvalue weighted by molar-refractivity contribution is 5.78. The smallest absolute Gasteiger partial charge is 0.317 e. The zero-order chi connectivity index (χ0) is 63.3. The van der Waals surface area contributed by atoms with Crippen LogP contribution in [0.2, 0.25) is 0 Å². The predicted molar refractivity (Wildman–Crippen MR) is 323 cm³/mol. The van der Waals surface area contributed by atoms with Gasteiger partial charge < -0.3 is 64.4 Å². The summed E-state index contributed by atoms with van der Waals surface area (Å²) in [5, 5.41) is 41.8. The average Bonchev–Trinajstić information content (AvgIpc) is 3.54. The molecule has 4 saturated carbocycles. The van der Waals surface area contributed by atoms with E-state index in [0.29, 0.717) is 32.8 Å². The lowest BCUT2D eigenvalue weighted by molar-refractivity contribution is -0.155. The van der Waals surface area contributed by atoms with Gasteiger partial charge in [-0.1, -0.05) is 107 Å². The molecule has 4 fully saturated rings. The number of esters is 6. The molecule has 0 radical (unpaired) electrons. The van der Waals surface area contributed by atoms with Gasteiger partial charge in [-0.15, -0.1) is 0 Å². The molecule has 4 aliphatic carbocycles. The molecule has 0 spiro atoms. The summed E-state index contributed by atoms with van der Waals surface area (Å²) in [7, 11) is 0. The van der Waals surface area contributed by atoms with Gasteiger partial charge >= 0.3 is 53.7 Å². The van der Waals surface area contributed by atoms with Gasteiger partial charge in [0.1, 0.15) is 24.9 Å². The number of carboxylic acids is 3. The predicted octanol–water partition coefficient (Wildman–Crippen LogP) is 10.4. The van der Waals surface area contributed by atoms with E-state index in [0.717, 1.165) is 114 Å². The normalized spacial score (nSPS) is 14.9. The summed E-state index contributed by atoms with van der Waals surface area (Å²) < 4.78 is 36.3. The van der Waals surface area contributed by atoms with Crippen molar-refractivity contribution in [1.82, 2.24) is 0 Å². The zero-order valence-electron chi connectivity index (χ0n) is 50.5. The van der Waals surface area contributed by atoms with E-state index in [1.165, 1.54) is 38.5 Å². The van der Waals surface area contributed by atoms with Crippen LogP contribution in [0.1, 0.15) is 224 Å². The van der Waals surface area contributed by atoms with E-state index in [1.807, 2.05) is 60.7 Å². The van der Waals surface area contributed by atoms with Gasteiger partial charge in [0.05, 0.1) is 71.0 Å². The van der Waals surface area contributed by atoms with Crippen LogP contribution >= 0.6 is 0 Å². The number of nitrogens with two attached hydrogens (primary N) is 1. The number of hydrogen-bond acceptors (Lipinski definition) is 19. The summed E-state index contributed by atoms with van der Waals surface area (Å²) in [6, 6.07) is 19.5. The van der Waals surface area contributed by atoms with E-state index in [1.54, 1.807) is 0 Å². The number of rotatable bonds is 29. The lowest BCUT2D eigenvalue weighted by atomic mass is 9.98. The van der Waals surface area contributed by atoms with Crippen LogP contribution < -0.4 is 5.73 Å². The van der Waals surface area contributed by atoms with Crippen molar-refractivity contribution >= 4 is 53.7 Å². The Balaban J connectivity index is 0.00000108. The Labute approximate surface area is 514 Å². The maximum absolute atomic E-state index is 11.7. The number of unbranched alkanes of at least 4 members (excludes halogenated alkanes) is 1. The number of hydrogen-bond donors (Lipinski definition) is 6. The van der Waals surface area contributed by atoms with Gasteiger partial charge in [-0.25, -0.2) is 0 Å². The summed E-state index contributed by atoms with van der Waals surface area (Å²) in [6.45, 7) is 1.74. The van der Waals surface area contributed by atoms with E-state index in [-0.39, 0.29) is 139 Å². The molecule has 0 aromatic heterocycles. The van der Waals surface area contributed by atoms with Crippen LogP contribution in [0, 0.1) is 0 Å². The fraction of sp³-hybridized carbons (Fsp3) is 0.677. The molecule has 2 aromatic rings. The first kappa shape index (κ1) is 80.5. The molecule has 0 aliphatic heterocycles. The minimum absolute atomic E-state index is 0. The molecule has 0 bridgehead atoms. The molecule has 7 N–H and O–H groups in total. The molecule has 494 valence electrons. The number of ether oxygens (including phenoxy) is 7. The third kappa shape index (κ3) is 51.3. The number of carbonyl (C=O) groups is 9. The zero-order valence-corrected chi connectivity index (χ0v) is 50.5. The molecule has 22 heteroatoms. The molecule has 22 nitrogen and oxygen atoms in total. The van der Waals surface area contributed by atoms with Gasteiger partial charge in [0, 0.05) is 26.1 Å². The fourth-order valence-electron chi connectivity index (χ4n) is 8.83. The van der Waals surface area contributed by atoms with Crippen LogP contribution in [-0.2, 0) is 89.5 Å². The van der Waals surface area contributed by atoms with Crippen LogP contribution in [0.15, 0.2) is 60.7 Å². The number of aliphatic hydroxyl groups excluding tert-OH is 2. The molecule has 87 heavy (non-hydrogen) atoms. The van der Waals surface area contributed by atoms with E-state index in [4.69, 9.17) is 58.7 Å². The molecular weight excluding hydrogens is 1130 g/mol. The highest BCUT2D eigenvalue weighted by Crippen LogP contribution is 2.23. The van der Waals surface area contributed by atoms with E-state index >= 15 is 0 Å². The van der Waals surface area contributed by atoms with Gasteiger partial charge in [-0.3, -0.25) is 43.2 Å². The fourth-order valence-corrected chi connectivity index (χ4v) is 8.83. The van der Waals surface area contributed by atoms with Crippen LogP contribution in [0.5, 0.6) is 0 Å². The maximum Gasteiger partial charge on any atom is 0.317 e. The molecule has 0 saturated heterocycles. The summed E-state index contributed by atoms with van der Waals surface area (Å²) in [5.41, 5.74) is 6.70. The van der Waals surface area contributed by atoms with Crippen LogP contribution in [0.3, 0.4) is 0 Å². The minimum atomic E-state index is -0.968. The Kier molecular flexibility index (Phi) is 50.8. The Morgan fingerprint density at radius 1 is 0.391 bits per heavy atom. The third-order valence-corrected chi connectivity index (χ3v) is 13.5. The van der Waals surface area contributed by atoms with Gasteiger partial charge in [-0.05, 0) is 127 Å². The summed E-state index contributed by atoms with van der Waals surface area (Å²) >= 11 is 0. The standard InChI is InChI=1S/C21H30O5.C14H22O6.C11H14O3.C10H16O4.C6H12O.C2H5NO2.CH4/c22-20(13-14-21(23)26-19-11-5-2-6-12-19)25-16-8-7-15-24-17-18-9-3-1-4-10-18;15-12(16)7-4-10-19-13(17)8-9-14(18)20-11-5-2-1-3-6-11;12-8-4-7-11(13)14-9-10-5-2-1-3-6-10;11-9(12)6-7-10(13)14-8-4-2-1-3-5-8;7-6-4-2-1-3-5-6;3-1-2(4)5;/h1,3-4,9-10,19H,2,5-8,11-17H2;11H,1-10H2,(H,15,16);1-3,5-6,12H,4,7-9H2;8H,1-7H2,(H,11,12);6-7H,1-5H2;1,3H2,(H,4,5);1H4. The minimum Gasteiger partial charge on any atom is -0.481 e. The first-order valence-electron chi connectivity index (χ1n) is 30.8. The summed E-state index contributed by atoms with van der Waals surface area (Å²) in [5.74, 6) is -4.95. The van der Waals surface area contributed by atoms with Crippen molar-refractivity contribution in [2.45, 2.75) is 251 Å². The number of carboxylic acid groups (broad SMARTS) is 3. The molecule has 4 aliphatic rings. The van der Waals surface area contributed by atoms with Crippen molar-refractivity contribution in [3.05, 3.63) is 71.8 Å². The largest absolute Gasteiger partial charge is 0.481 e. The van der Waals surface area contributed by atoms with Crippen molar-refractivity contribution in [3.63, 3.8) is 0 Å². The van der Waals surface area contributed by atoms with E-state index in [2.05, 4.69) is 5.73 Å². The first-order chi connectivity index (χ1) is 41.5. The second kappa shape index (κ2) is 54.9. The number of benzene rings is 2. The van der Waals surface area contributed by atoms with E-state index < -0.39 is 23.9 Å². The Bertz CT molecular complexity index is 2120. The highest BCUT2D eigenvalue weighted by atomic mass is 16.6. The SMILES string of the molecule is C.NCC(=O)O.O=C(CCC(=O)OC1CCCCC1)OCCCCOCc1ccccc1.O=C(CCCO)OCc1ccccc1.O=C(O)CCC(=O)OC1CCCCC1.O=C(O)CCCOC(=O)CCC(=O)OC1CCCCC1.OC1CCCCC1. The monoisotopic (exact) mass is 1230 g/mol. The van der Waals surface area contributed by atoms with E-state index in [9.17, 15) is 43.2 Å². The topological polar surface area (TPSA) is 345 Å². The van der Waals surface area contributed by atoms with Crippen LogP contribution in [0.4, 0.5) is 0 Å². The van der Waals surface area contributed by atoms with Gasteiger partial charge in [-0.2, -0.15) is 0 Å². The molecule has 0 heterocycles. The average molecular weight is 1230 g/mol. The number of carbonyl (C=O) groups excluding carboxylic acids is 6. The van der Waals surface area contributed by atoms with Crippen molar-refractivity contribution in [1.29, 1.82) is 0 Å². The van der Waals surface area contributed by atoms with Crippen molar-refractivity contribution in [2.75, 3.05) is 33.0 Å². The number of aliphatic hydroxyl groups is 2. The molecular formula is C65H103NO21. The molecule has 6 rings (SSSR count). The van der Waals surface area contributed by atoms with Crippen molar-refractivity contribution < 1.29 is 102 Å². The van der Waals surface area contributed by atoms with Gasteiger partial charge in [0.15, 0.2) is 0 Å². The van der Waals surface area contributed by atoms with Crippen LogP contribution in [-0.4, -0.2) is 137 Å². The molecule has 0 amide bonds. The Morgan fingerprint density at radius 3 is 1.10 bits per heavy atom. The Morgan fingerprint density at radius 2 is 0.736 bits per heavy atom. The maximum atomic E-state index is 11.7. The second-order valence-electron chi connectivity index (χ2n) is 21.2. The number of aliphatic carboxylic acids is 3. The lowest BCUT2D eigenvalue weighted by Gasteiger charge is -2.21. The molecule has 2 aromatic carbocycles.